The van der Waals surface area contributed by atoms with Gasteiger partial charge in [-0.1, -0.05) is 18.2 Å². The van der Waals surface area contributed by atoms with Crippen molar-refractivity contribution in [3.05, 3.63) is 30.3 Å². The van der Waals surface area contributed by atoms with E-state index in [9.17, 15) is 0 Å². The minimum Gasteiger partial charge on any atom is -0.489 e. The molecule has 1 aromatic rings. The summed E-state index contributed by atoms with van der Waals surface area (Å²) in [6.45, 7) is 6.90. The van der Waals surface area contributed by atoms with Gasteiger partial charge in [0.1, 0.15) is 11.9 Å². The monoisotopic (exact) mass is 335 g/mol. The molecule has 3 unspecified atom stereocenters. The van der Waals surface area contributed by atoms with E-state index < -0.39 is 0 Å². The van der Waals surface area contributed by atoms with Gasteiger partial charge in [0.05, 0.1) is 25.9 Å². The number of benzene rings is 1. The van der Waals surface area contributed by atoms with Crippen molar-refractivity contribution in [2.45, 2.75) is 38.5 Å². The van der Waals surface area contributed by atoms with Gasteiger partial charge in [0.15, 0.2) is 5.96 Å². The van der Waals surface area contributed by atoms with Gasteiger partial charge in [-0.15, -0.1) is 0 Å². The minimum atomic E-state index is 0.0353. The van der Waals surface area contributed by atoms with Gasteiger partial charge in [-0.2, -0.15) is 0 Å². The summed E-state index contributed by atoms with van der Waals surface area (Å²) >= 11 is 0. The van der Waals surface area contributed by atoms with Crippen LogP contribution < -0.4 is 15.4 Å². The second-order valence-corrected chi connectivity index (χ2v) is 6.06. The number of hydrogen-bond donors (Lipinski definition) is 2. The van der Waals surface area contributed by atoms with Crippen molar-refractivity contribution < 1.29 is 14.2 Å². The number of guanidine groups is 1. The van der Waals surface area contributed by atoms with Crippen molar-refractivity contribution in [3.63, 3.8) is 0 Å². The fourth-order valence-electron chi connectivity index (χ4n) is 2.41. The molecule has 1 fully saturated rings. The van der Waals surface area contributed by atoms with Crippen LogP contribution in [0.3, 0.4) is 0 Å². The highest BCUT2D eigenvalue weighted by molar-refractivity contribution is 5.79. The first kappa shape index (κ1) is 18.5. The Morgan fingerprint density at radius 3 is 2.79 bits per heavy atom. The molecule has 0 bridgehead atoms. The maximum Gasteiger partial charge on any atom is 0.191 e. The topological polar surface area (TPSA) is 64.1 Å². The first-order valence-corrected chi connectivity index (χ1v) is 8.55. The standard InChI is InChI=1S/C18H29N3O3/c1-14(12-23-17-9-10-22-13-17)21-18(19-3)20-11-15(2)24-16-7-5-4-6-8-16/h4-8,14-15,17H,9-13H2,1-3H3,(H2,19,20,21). The Hall–Kier alpha value is -1.79. The maximum absolute atomic E-state index is 5.85. The molecular weight excluding hydrogens is 306 g/mol. The molecule has 0 aliphatic carbocycles. The number of rotatable bonds is 8. The van der Waals surface area contributed by atoms with Crippen LogP contribution in [0.15, 0.2) is 35.3 Å². The van der Waals surface area contributed by atoms with E-state index in [-0.39, 0.29) is 18.2 Å². The lowest BCUT2D eigenvalue weighted by Crippen LogP contribution is -2.46. The molecule has 6 nitrogen and oxygen atoms in total. The highest BCUT2D eigenvalue weighted by Crippen LogP contribution is 2.10. The van der Waals surface area contributed by atoms with Crippen LogP contribution in [0.4, 0.5) is 0 Å². The second kappa shape index (κ2) is 10.2. The summed E-state index contributed by atoms with van der Waals surface area (Å²) in [5, 5.41) is 6.61. The van der Waals surface area contributed by atoms with Crippen molar-refractivity contribution in [2.75, 3.05) is 33.4 Å². The van der Waals surface area contributed by atoms with E-state index in [1.165, 1.54) is 0 Å². The molecule has 1 aliphatic rings. The molecule has 1 saturated heterocycles. The number of nitrogens with zero attached hydrogens (tertiary/aromatic N) is 1. The molecule has 0 amide bonds. The lowest BCUT2D eigenvalue weighted by Gasteiger charge is -2.21. The summed E-state index contributed by atoms with van der Waals surface area (Å²) in [6, 6.07) is 9.98. The van der Waals surface area contributed by atoms with Gasteiger partial charge in [-0.05, 0) is 32.4 Å². The molecule has 1 heterocycles. The van der Waals surface area contributed by atoms with Crippen molar-refractivity contribution in [3.8, 4) is 5.75 Å². The van der Waals surface area contributed by atoms with Crippen LogP contribution in [0.1, 0.15) is 20.3 Å². The molecule has 0 aromatic heterocycles. The third-order valence-corrected chi connectivity index (χ3v) is 3.71. The average molecular weight is 335 g/mol. The normalized spacial score (nSPS) is 20.5. The first-order valence-electron chi connectivity index (χ1n) is 8.55. The molecule has 6 heteroatoms. The molecule has 2 rings (SSSR count). The second-order valence-electron chi connectivity index (χ2n) is 6.06. The van der Waals surface area contributed by atoms with Gasteiger partial charge >= 0.3 is 0 Å². The molecule has 24 heavy (non-hydrogen) atoms. The van der Waals surface area contributed by atoms with Crippen LogP contribution >= 0.6 is 0 Å². The van der Waals surface area contributed by atoms with Crippen LogP contribution in [0.25, 0.3) is 0 Å². The highest BCUT2D eigenvalue weighted by atomic mass is 16.5. The van der Waals surface area contributed by atoms with Crippen LogP contribution in [0.2, 0.25) is 0 Å². The predicted molar refractivity (Wildman–Crippen MR) is 95.7 cm³/mol. The summed E-state index contributed by atoms with van der Waals surface area (Å²) in [4.78, 5) is 4.25. The van der Waals surface area contributed by atoms with Crippen molar-refractivity contribution >= 4 is 5.96 Å². The zero-order chi connectivity index (χ0) is 17.2. The quantitative estimate of drug-likeness (QED) is 0.560. The average Bonchev–Trinajstić information content (AvgIpc) is 3.11. The number of aliphatic imine (C=N–C) groups is 1. The van der Waals surface area contributed by atoms with Crippen LogP contribution in [0.5, 0.6) is 5.75 Å². The van der Waals surface area contributed by atoms with Crippen LogP contribution in [-0.4, -0.2) is 57.6 Å². The molecule has 0 saturated carbocycles. The Morgan fingerprint density at radius 1 is 1.33 bits per heavy atom. The highest BCUT2D eigenvalue weighted by Gasteiger charge is 2.17. The summed E-state index contributed by atoms with van der Waals surface area (Å²) in [5.74, 6) is 1.62. The molecule has 134 valence electrons. The van der Waals surface area contributed by atoms with E-state index in [0.29, 0.717) is 19.8 Å². The van der Waals surface area contributed by atoms with E-state index in [0.717, 1.165) is 24.7 Å². The van der Waals surface area contributed by atoms with Crippen molar-refractivity contribution in [1.82, 2.24) is 10.6 Å². The fourth-order valence-corrected chi connectivity index (χ4v) is 2.41. The van der Waals surface area contributed by atoms with Gasteiger partial charge in [0.2, 0.25) is 0 Å². The largest absolute Gasteiger partial charge is 0.489 e. The van der Waals surface area contributed by atoms with Crippen molar-refractivity contribution in [2.24, 2.45) is 4.99 Å². The molecule has 3 atom stereocenters. The summed E-state index contributed by atoms with van der Waals surface area (Å²) < 4.78 is 17.0. The smallest absolute Gasteiger partial charge is 0.191 e. The van der Waals surface area contributed by atoms with E-state index in [4.69, 9.17) is 14.2 Å². The number of nitrogens with one attached hydrogen (secondary N) is 2. The van der Waals surface area contributed by atoms with E-state index in [1.807, 2.05) is 37.3 Å². The number of para-hydroxylation sites is 1. The Kier molecular flexibility index (Phi) is 7.85. The van der Waals surface area contributed by atoms with Crippen LogP contribution in [0, 0.1) is 0 Å². The predicted octanol–water partition coefficient (Wildman–Crippen LogP) is 1.81. The third kappa shape index (κ3) is 6.76. The Bertz CT molecular complexity index is 490. The van der Waals surface area contributed by atoms with Gasteiger partial charge in [0, 0.05) is 19.7 Å². The maximum atomic E-state index is 5.85. The van der Waals surface area contributed by atoms with E-state index >= 15 is 0 Å². The lowest BCUT2D eigenvalue weighted by atomic mass is 10.3. The fraction of sp³-hybridized carbons (Fsp3) is 0.611. The summed E-state index contributed by atoms with van der Waals surface area (Å²) in [5.41, 5.74) is 0. The molecule has 0 spiro atoms. The van der Waals surface area contributed by atoms with E-state index in [1.54, 1.807) is 7.05 Å². The molecule has 1 aromatic carbocycles. The number of hydrogen-bond acceptors (Lipinski definition) is 4. The SMILES string of the molecule is CN=C(NCC(C)Oc1ccccc1)NC(C)COC1CCOC1. The molecular formula is C18H29N3O3. The lowest BCUT2D eigenvalue weighted by molar-refractivity contribution is 0.0347. The minimum absolute atomic E-state index is 0.0353. The van der Waals surface area contributed by atoms with Gasteiger partial charge < -0.3 is 24.8 Å². The molecule has 0 radical (unpaired) electrons. The summed E-state index contributed by atoms with van der Waals surface area (Å²) in [7, 11) is 1.76. The van der Waals surface area contributed by atoms with Crippen molar-refractivity contribution in [1.29, 1.82) is 0 Å². The van der Waals surface area contributed by atoms with Crippen LogP contribution in [-0.2, 0) is 9.47 Å². The summed E-state index contributed by atoms with van der Waals surface area (Å²) in [6.07, 6.45) is 1.24. The van der Waals surface area contributed by atoms with Gasteiger partial charge in [0.25, 0.3) is 0 Å². The van der Waals surface area contributed by atoms with E-state index in [2.05, 4.69) is 22.5 Å². The Morgan fingerprint density at radius 2 is 2.12 bits per heavy atom. The Labute approximate surface area is 144 Å². The first-order chi connectivity index (χ1) is 11.7. The zero-order valence-corrected chi connectivity index (χ0v) is 14.8. The van der Waals surface area contributed by atoms with Gasteiger partial charge in [-0.25, -0.2) is 0 Å². The zero-order valence-electron chi connectivity index (χ0n) is 14.8. The van der Waals surface area contributed by atoms with Gasteiger partial charge in [-0.3, -0.25) is 4.99 Å². The number of ether oxygens (including phenoxy) is 3. The molecule has 2 N–H and O–H groups in total. The third-order valence-electron chi connectivity index (χ3n) is 3.71. The molecule has 1 aliphatic heterocycles. The Balaban J connectivity index is 1.65.